The first kappa shape index (κ1) is 13.7. The van der Waals surface area contributed by atoms with Gasteiger partial charge in [0.25, 0.3) is 5.91 Å². The van der Waals surface area contributed by atoms with Gasteiger partial charge in [-0.2, -0.15) is 0 Å². The number of nitrogens with one attached hydrogen (secondary N) is 1. The van der Waals surface area contributed by atoms with E-state index in [9.17, 15) is 4.79 Å². The van der Waals surface area contributed by atoms with Crippen LogP contribution in [-0.4, -0.2) is 17.4 Å². The van der Waals surface area contributed by atoms with Crippen molar-refractivity contribution in [2.24, 2.45) is 0 Å². The van der Waals surface area contributed by atoms with Crippen LogP contribution in [0.5, 0.6) is 0 Å². The van der Waals surface area contributed by atoms with E-state index >= 15 is 0 Å². The Kier molecular flexibility index (Phi) is 4.68. The highest BCUT2D eigenvalue weighted by atomic mass is 79.9. The van der Waals surface area contributed by atoms with Crippen molar-refractivity contribution < 1.29 is 4.79 Å². The number of carbonyl (C=O) groups is 1. The molecule has 1 N–H and O–H groups in total. The fourth-order valence-corrected chi connectivity index (χ4v) is 2.21. The lowest BCUT2D eigenvalue weighted by Crippen LogP contribution is -2.25. The van der Waals surface area contributed by atoms with E-state index in [4.69, 9.17) is 0 Å². The van der Waals surface area contributed by atoms with Crippen molar-refractivity contribution in [1.29, 1.82) is 0 Å². The van der Waals surface area contributed by atoms with Crippen molar-refractivity contribution >= 4 is 21.8 Å². The number of rotatable bonds is 4. The molecule has 0 radical (unpaired) electrons. The van der Waals surface area contributed by atoms with Gasteiger partial charge in [-0.1, -0.05) is 24.3 Å². The van der Waals surface area contributed by atoms with Crippen molar-refractivity contribution in [2.45, 2.75) is 13.3 Å². The van der Waals surface area contributed by atoms with Gasteiger partial charge in [0.2, 0.25) is 0 Å². The molecule has 1 heterocycles. The van der Waals surface area contributed by atoms with E-state index in [1.165, 1.54) is 11.1 Å². The number of aryl methyl sites for hydroxylation is 1. The number of hydrogen-bond acceptors (Lipinski definition) is 2. The van der Waals surface area contributed by atoms with E-state index in [0.717, 1.165) is 6.42 Å². The summed E-state index contributed by atoms with van der Waals surface area (Å²) in [4.78, 5) is 15.9. The smallest absolute Gasteiger partial charge is 0.251 e. The normalized spacial score (nSPS) is 10.2. The summed E-state index contributed by atoms with van der Waals surface area (Å²) in [5, 5.41) is 2.91. The molecule has 1 aromatic heterocycles. The summed E-state index contributed by atoms with van der Waals surface area (Å²) in [5.74, 6) is -0.0725. The quantitative estimate of drug-likeness (QED) is 0.880. The Morgan fingerprint density at radius 3 is 2.84 bits per heavy atom. The highest BCUT2D eigenvalue weighted by Crippen LogP contribution is 2.09. The molecule has 0 fully saturated rings. The van der Waals surface area contributed by atoms with Crippen LogP contribution < -0.4 is 5.32 Å². The van der Waals surface area contributed by atoms with E-state index in [1.807, 2.05) is 12.1 Å². The maximum Gasteiger partial charge on any atom is 0.251 e. The molecule has 0 unspecified atom stereocenters. The van der Waals surface area contributed by atoms with Crippen molar-refractivity contribution in [3.8, 4) is 0 Å². The Hall–Kier alpha value is -1.68. The van der Waals surface area contributed by atoms with E-state index in [0.29, 0.717) is 16.7 Å². The number of benzene rings is 1. The molecule has 0 saturated heterocycles. The molecule has 4 heteroatoms. The zero-order valence-electron chi connectivity index (χ0n) is 10.7. The molecule has 19 heavy (non-hydrogen) atoms. The van der Waals surface area contributed by atoms with Crippen molar-refractivity contribution in [1.82, 2.24) is 10.3 Å². The second-order valence-electron chi connectivity index (χ2n) is 4.30. The van der Waals surface area contributed by atoms with Crippen LogP contribution >= 0.6 is 15.9 Å². The average molecular weight is 319 g/mol. The monoisotopic (exact) mass is 318 g/mol. The lowest BCUT2D eigenvalue weighted by molar-refractivity contribution is 0.0954. The molecule has 0 aliphatic heterocycles. The molecule has 0 atom stereocenters. The van der Waals surface area contributed by atoms with Crippen LogP contribution in [0.1, 0.15) is 21.5 Å². The zero-order valence-corrected chi connectivity index (χ0v) is 12.3. The average Bonchev–Trinajstić information content (AvgIpc) is 2.41. The molecule has 0 spiro atoms. The van der Waals surface area contributed by atoms with Crippen molar-refractivity contribution in [3.05, 3.63) is 63.9 Å². The van der Waals surface area contributed by atoms with E-state index in [2.05, 4.69) is 45.3 Å². The molecule has 98 valence electrons. The maximum absolute atomic E-state index is 11.9. The minimum absolute atomic E-state index is 0.0725. The molecule has 3 nitrogen and oxygen atoms in total. The molecule has 2 rings (SSSR count). The van der Waals surface area contributed by atoms with Crippen LogP contribution in [-0.2, 0) is 6.42 Å². The summed E-state index contributed by atoms with van der Waals surface area (Å²) in [5.41, 5.74) is 3.13. The number of nitrogens with zero attached hydrogens (tertiary/aromatic N) is 1. The van der Waals surface area contributed by atoms with Gasteiger partial charge in [0, 0.05) is 18.3 Å². The molecule has 0 aliphatic rings. The SMILES string of the molecule is Cc1ccccc1CCNC(=O)c1ccnc(Br)c1. The Morgan fingerprint density at radius 1 is 1.32 bits per heavy atom. The minimum Gasteiger partial charge on any atom is -0.352 e. The number of carbonyl (C=O) groups excluding carboxylic acids is 1. The first-order valence-electron chi connectivity index (χ1n) is 6.11. The standard InChI is InChI=1S/C15H15BrN2O/c1-11-4-2-3-5-12(11)6-9-18-15(19)13-7-8-17-14(16)10-13/h2-5,7-8,10H,6,9H2,1H3,(H,18,19). The number of pyridine rings is 1. The summed E-state index contributed by atoms with van der Waals surface area (Å²) in [6.45, 7) is 2.71. The molecule has 1 amide bonds. The van der Waals surface area contributed by atoms with Gasteiger partial charge in [-0.3, -0.25) is 4.79 Å². The molecule has 2 aromatic rings. The Balaban J connectivity index is 1.90. The van der Waals surface area contributed by atoms with Gasteiger partial charge in [0.1, 0.15) is 4.60 Å². The molecule has 0 saturated carbocycles. The fourth-order valence-electron chi connectivity index (χ4n) is 1.85. The predicted molar refractivity (Wildman–Crippen MR) is 79.2 cm³/mol. The summed E-state index contributed by atoms with van der Waals surface area (Å²) in [7, 11) is 0. The summed E-state index contributed by atoms with van der Waals surface area (Å²) in [6.07, 6.45) is 2.45. The third-order valence-corrected chi connectivity index (χ3v) is 3.36. The van der Waals surface area contributed by atoms with Gasteiger partial charge in [-0.15, -0.1) is 0 Å². The second kappa shape index (κ2) is 6.48. The summed E-state index contributed by atoms with van der Waals surface area (Å²) in [6, 6.07) is 11.6. The number of halogens is 1. The molecule has 0 bridgehead atoms. The molecular formula is C15H15BrN2O. The van der Waals surface area contributed by atoms with Gasteiger partial charge in [-0.05, 0) is 52.5 Å². The molecule has 1 aromatic carbocycles. The Labute approximate surface area is 121 Å². The van der Waals surface area contributed by atoms with Gasteiger partial charge < -0.3 is 5.32 Å². The maximum atomic E-state index is 11.9. The summed E-state index contributed by atoms with van der Waals surface area (Å²) < 4.78 is 0.666. The van der Waals surface area contributed by atoms with Crippen LogP contribution in [0.25, 0.3) is 0 Å². The van der Waals surface area contributed by atoms with Gasteiger partial charge in [0.15, 0.2) is 0 Å². The van der Waals surface area contributed by atoms with E-state index < -0.39 is 0 Å². The van der Waals surface area contributed by atoms with Crippen LogP contribution in [0.15, 0.2) is 47.2 Å². The van der Waals surface area contributed by atoms with Gasteiger partial charge in [0.05, 0.1) is 0 Å². The number of hydrogen-bond donors (Lipinski definition) is 1. The van der Waals surface area contributed by atoms with Gasteiger partial charge in [-0.25, -0.2) is 4.98 Å². The highest BCUT2D eigenvalue weighted by molar-refractivity contribution is 9.10. The first-order valence-corrected chi connectivity index (χ1v) is 6.90. The fraction of sp³-hybridized carbons (Fsp3) is 0.200. The zero-order chi connectivity index (χ0) is 13.7. The topological polar surface area (TPSA) is 42.0 Å². The lowest BCUT2D eigenvalue weighted by atomic mass is 10.1. The van der Waals surface area contributed by atoms with E-state index in [1.54, 1.807) is 18.3 Å². The number of amides is 1. The van der Waals surface area contributed by atoms with Crippen molar-refractivity contribution in [3.63, 3.8) is 0 Å². The Bertz CT molecular complexity index is 584. The Morgan fingerprint density at radius 2 is 2.11 bits per heavy atom. The van der Waals surface area contributed by atoms with Crippen LogP contribution in [0, 0.1) is 6.92 Å². The first-order chi connectivity index (χ1) is 9.16. The largest absolute Gasteiger partial charge is 0.352 e. The predicted octanol–water partition coefficient (Wildman–Crippen LogP) is 3.13. The second-order valence-corrected chi connectivity index (χ2v) is 5.11. The third kappa shape index (κ3) is 3.89. The van der Waals surface area contributed by atoms with Crippen molar-refractivity contribution in [2.75, 3.05) is 6.54 Å². The minimum atomic E-state index is -0.0725. The van der Waals surface area contributed by atoms with Gasteiger partial charge >= 0.3 is 0 Å². The molecule has 0 aliphatic carbocycles. The van der Waals surface area contributed by atoms with Crippen LogP contribution in [0.3, 0.4) is 0 Å². The summed E-state index contributed by atoms with van der Waals surface area (Å²) >= 11 is 3.25. The lowest BCUT2D eigenvalue weighted by Gasteiger charge is -2.07. The third-order valence-electron chi connectivity index (χ3n) is 2.93. The van der Waals surface area contributed by atoms with Crippen LogP contribution in [0.4, 0.5) is 0 Å². The molecular weight excluding hydrogens is 304 g/mol. The van der Waals surface area contributed by atoms with Crippen LogP contribution in [0.2, 0.25) is 0 Å². The highest BCUT2D eigenvalue weighted by Gasteiger charge is 2.05. The van der Waals surface area contributed by atoms with E-state index in [-0.39, 0.29) is 5.91 Å². The number of aromatic nitrogens is 1.